The number of carbonyl (C=O) groups excluding carboxylic acids is 3. The number of nitrogens with one attached hydrogen (secondary N) is 1. The quantitative estimate of drug-likeness (QED) is 0.620. The molecule has 0 unspecified atom stereocenters. The molecule has 2 aromatic rings. The van der Waals surface area contributed by atoms with Gasteiger partial charge in [0.1, 0.15) is 0 Å². The van der Waals surface area contributed by atoms with Crippen molar-refractivity contribution in [3.63, 3.8) is 0 Å². The fourth-order valence-corrected chi connectivity index (χ4v) is 7.07. The zero-order valence-electron chi connectivity index (χ0n) is 17.6. The van der Waals surface area contributed by atoms with Gasteiger partial charge in [-0.2, -0.15) is 0 Å². The highest BCUT2D eigenvalue weighted by atomic mass is 32.1. The van der Waals surface area contributed by atoms with Crippen LogP contribution in [0.5, 0.6) is 0 Å². The summed E-state index contributed by atoms with van der Waals surface area (Å²) in [6.07, 6.45) is 5.94. The number of carbonyl (C=O) groups is 3. The Labute approximate surface area is 186 Å². The largest absolute Gasteiger partial charge is 0.451 e. The van der Waals surface area contributed by atoms with E-state index in [1.165, 1.54) is 30.6 Å². The van der Waals surface area contributed by atoms with Crippen molar-refractivity contribution in [3.05, 3.63) is 52.2 Å². The van der Waals surface area contributed by atoms with E-state index in [9.17, 15) is 14.4 Å². The molecule has 4 aliphatic carbocycles. The zero-order chi connectivity index (χ0) is 21.6. The second kappa shape index (κ2) is 7.90. The molecule has 162 valence electrons. The SMILES string of the molecule is C[C@@H](OC(=O)c1cccc(NC(=O)c2cccs2)c1)C(=O)C12CC3CC(CC(C3)C1)C2. The highest BCUT2D eigenvalue weighted by Crippen LogP contribution is 2.60. The second-order valence-electron chi connectivity index (χ2n) is 9.62. The van der Waals surface area contributed by atoms with Crippen LogP contribution in [0.4, 0.5) is 5.69 Å². The smallest absolute Gasteiger partial charge is 0.338 e. The fraction of sp³-hybridized carbons (Fsp3) is 0.480. The van der Waals surface area contributed by atoms with E-state index in [0.29, 0.717) is 33.9 Å². The third-order valence-corrected chi connectivity index (χ3v) is 8.18. The minimum Gasteiger partial charge on any atom is -0.451 e. The summed E-state index contributed by atoms with van der Waals surface area (Å²) in [7, 11) is 0. The Bertz CT molecular complexity index is 977. The van der Waals surface area contributed by atoms with Gasteiger partial charge < -0.3 is 10.1 Å². The van der Waals surface area contributed by atoms with E-state index in [2.05, 4.69) is 5.32 Å². The minimum atomic E-state index is -0.756. The molecule has 4 bridgehead atoms. The Morgan fingerprint density at radius 2 is 1.71 bits per heavy atom. The fourth-order valence-electron chi connectivity index (χ4n) is 6.45. The lowest BCUT2D eigenvalue weighted by molar-refractivity contribution is -0.152. The normalized spacial score (nSPS) is 29.4. The van der Waals surface area contributed by atoms with Gasteiger partial charge in [-0.15, -0.1) is 11.3 Å². The maximum atomic E-state index is 13.4. The number of benzene rings is 1. The predicted molar refractivity (Wildman–Crippen MR) is 119 cm³/mol. The molecular formula is C25H27NO4S. The molecule has 0 aliphatic heterocycles. The van der Waals surface area contributed by atoms with Gasteiger partial charge in [-0.1, -0.05) is 12.1 Å². The highest BCUT2D eigenvalue weighted by molar-refractivity contribution is 7.12. The van der Waals surface area contributed by atoms with Gasteiger partial charge in [0, 0.05) is 11.1 Å². The highest BCUT2D eigenvalue weighted by Gasteiger charge is 2.55. The van der Waals surface area contributed by atoms with Gasteiger partial charge in [0.2, 0.25) is 0 Å². The average molecular weight is 438 g/mol. The van der Waals surface area contributed by atoms with E-state index in [1.807, 2.05) is 11.4 Å². The first kappa shape index (κ1) is 20.4. The number of amides is 1. The van der Waals surface area contributed by atoms with E-state index < -0.39 is 12.1 Å². The molecule has 0 spiro atoms. The average Bonchev–Trinajstić information content (AvgIpc) is 3.27. The molecule has 6 rings (SSSR count). The van der Waals surface area contributed by atoms with Crippen LogP contribution in [-0.4, -0.2) is 23.8 Å². The van der Waals surface area contributed by atoms with Crippen molar-refractivity contribution < 1.29 is 19.1 Å². The Morgan fingerprint density at radius 3 is 2.32 bits per heavy atom. The van der Waals surface area contributed by atoms with E-state index >= 15 is 0 Å². The molecule has 6 heteroatoms. The molecule has 5 nitrogen and oxygen atoms in total. The number of Topliss-reactive ketones (excluding diaryl/α,β-unsaturated/α-hetero) is 1. The van der Waals surface area contributed by atoms with Gasteiger partial charge in [-0.25, -0.2) is 4.79 Å². The van der Waals surface area contributed by atoms with E-state index in [0.717, 1.165) is 19.3 Å². The molecule has 1 aromatic heterocycles. The Morgan fingerprint density at radius 1 is 1.03 bits per heavy atom. The lowest BCUT2D eigenvalue weighted by atomic mass is 9.48. The number of rotatable bonds is 6. The van der Waals surface area contributed by atoms with Gasteiger partial charge >= 0.3 is 5.97 Å². The standard InChI is InChI=1S/C25H27NO4S/c1-15(22(27)25-12-16-8-17(13-25)10-18(9-16)14-25)30-24(29)19-4-2-5-20(11-19)26-23(28)21-6-3-7-31-21/h2-7,11,15-18H,8-10,12-14H2,1H3,(H,26,28)/t15-,16?,17?,18?,25?/m1/s1. The summed E-state index contributed by atoms with van der Waals surface area (Å²) in [5.41, 5.74) is 0.562. The van der Waals surface area contributed by atoms with Crippen LogP contribution in [0.25, 0.3) is 0 Å². The molecule has 1 N–H and O–H groups in total. The van der Waals surface area contributed by atoms with Crippen LogP contribution in [0.1, 0.15) is 65.5 Å². The monoisotopic (exact) mass is 437 g/mol. The first-order valence-corrected chi connectivity index (χ1v) is 12.0. The Hall–Kier alpha value is -2.47. The molecule has 1 heterocycles. The van der Waals surface area contributed by atoms with E-state index in [1.54, 1.807) is 37.3 Å². The van der Waals surface area contributed by atoms with Crippen molar-refractivity contribution in [2.24, 2.45) is 23.2 Å². The van der Waals surface area contributed by atoms with Gasteiger partial charge in [-0.3, -0.25) is 9.59 Å². The Balaban J connectivity index is 1.25. The lowest BCUT2D eigenvalue weighted by Gasteiger charge is -2.56. The van der Waals surface area contributed by atoms with Gasteiger partial charge in [-0.05, 0) is 92.8 Å². The number of esters is 1. The van der Waals surface area contributed by atoms with Crippen molar-refractivity contribution >= 4 is 34.7 Å². The maximum absolute atomic E-state index is 13.4. The first-order chi connectivity index (χ1) is 14.9. The van der Waals surface area contributed by atoms with E-state index in [4.69, 9.17) is 4.74 Å². The molecule has 4 saturated carbocycles. The first-order valence-electron chi connectivity index (χ1n) is 11.1. The number of thiophene rings is 1. The minimum absolute atomic E-state index is 0.0992. The number of hydrogen-bond donors (Lipinski definition) is 1. The summed E-state index contributed by atoms with van der Waals surface area (Å²) in [5, 5.41) is 4.64. The molecule has 4 aliphatic rings. The van der Waals surface area contributed by atoms with Crippen LogP contribution in [0.15, 0.2) is 41.8 Å². The van der Waals surface area contributed by atoms with Crippen molar-refractivity contribution in [1.29, 1.82) is 0 Å². The molecule has 1 amide bonds. The predicted octanol–water partition coefficient (Wildman–Crippen LogP) is 5.33. The molecular weight excluding hydrogens is 410 g/mol. The van der Waals surface area contributed by atoms with Crippen LogP contribution in [0, 0.1) is 23.2 Å². The van der Waals surface area contributed by atoms with Crippen LogP contribution >= 0.6 is 11.3 Å². The van der Waals surface area contributed by atoms with Crippen molar-refractivity contribution in [1.82, 2.24) is 0 Å². The number of ether oxygens (including phenoxy) is 1. The molecule has 0 radical (unpaired) electrons. The molecule has 31 heavy (non-hydrogen) atoms. The summed E-state index contributed by atoms with van der Waals surface area (Å²) in [5.74, 6) is 1.36. The van der Waals surface area contributed by atoms with Crippen LogP contribution < -0.4 is 5.32 Å². The summed E-state index contributed by atoms with van der Waals surface area (Å²) in [6.45, 7) is 1.71. The summed E-state index contributed by atoms with van der Waals surface area (Å²) in [4.78, 5) is 39.0. The van der Waals surface area contributed by atoms with Gasteiger partial charge in [0.25, 0.3) is 5.91 Å². The molecule has 0 saturated heterocycles. The number of anilines is 1. The van der Waals surface area contributed by atoms with Gasteiger partial charge in [0.15, 0.2) is 11.9 Å². The number of ketones is 1. The van der Waals surface area contributed by atoms with Crippen LogP contribution in [-0.2, 0) is 9.53 Å². The summed E-state index contributed by atoms with van der Waals surface area (Å²) in [6, 6.07) is 10.2. The third-order valence-electron chi connectivity index (χ3n) is 7.32. The molecule has 1 aromatic carbocycles. The lowest BCUT2D eigenvalue weighted by Crippen LogP contribution is -2.52. The molecule has 1 atom stereocenters. The summed E-state index contributed by atoms with van der Waals surface area (Å²) < 4.78 is 5.62. The number of hydrogen-bond acceptors (Lipinski definition) is 5. The topological polar surface area (TPSA) is 72.5 Å². The van der Waals surface area contributed by atoms with Crippen molar-refractivity contribution in [2.45, 2.75) is 51.6 Å². The zero-order valence-corrected chi connectivity index (χ0v) is 18.5. The van der Waals surface area contributed by atoms with Crippen LogP contribution in [0.3, 0.4) is 0 Å². The third kappa shape index (κ3) is 3.93. The van der Waals surface area contributed by atoms with E-state index in [-0.39, 0.29) is 17.1 Å². The van der Waals surface area contributed by atoms with Crippen LogP contribution in [0.2, 0.25) is 0 Å². The Kier molecular flexibility index (Phi) is 5.21. The second-order valence-corrected chi connectivity index (χ2v) is 10.6. The van der Waals surface area contributed by atoms with Crippen molar-refractivity contribution in [2.75, 3.05) is 5.32 Å². The van der Waals surface area contributed by atoms with Crippen molar-refractivity contribution in [3.8, 4) is 0 Å². The van der Waals surface area contributed by atoms with Gasteiger partial charge in [0.05, 0.1) is 10.4 Å². The molecule has 4 fully saturated rings. The summed E-state index contributed by atoms with van der Waals surface area (Å²) >= 11 is 1.35. The maximum Gasteiger partial charge on any atom is 0.338 e.